The second-order valence-corrected chi connectivity index (χ2v) is 8.11. The molecule has 3 aromatic rings. The summed E-state index contributed by atoms with van der Waals surface area (Å²) in [4.78, 5) is 28.2. The summed E-state index contributed by atoms with van der Waals surface area (Å²) in [5.41, 5.74) is 4.32. The molecule has 0 spiro atoms. The number of hydrogen-bond acceptors (Lipinski definition) is 5. The van der Waals surface area contributed by atoms with Crippen molar-refractivity contribution in [1.29, 1.82) is 0 Å². The van der Waals surface area contributed by atoms with Crippen molar-refractivity contribution in [2.75, 3.05) is 0 Å². The SMILES string of the molecule is Cc1ccc2cc([C@@H]3CC(c4ccsc4)=NN3C(=O)CCC(=O)O)c(Cl)nc2c1. The van der Waals surface area contributed by atoms with Gasteiger partial charge in [-0.25, -0.2) is 9.99 Å². The van der Waals surface area contributed by atoms with E-state index in [9.17, 15) is 9.59 Å². The number of pyridine rings is 1. The van der Waals surface area contributed by atoms with Crippen molar-refractivity contribution in [3.05, 3.63) is 62.9 Å². The van der Waals surface area contributed by atoms with Gasteiger partial charge in [0.1, 0.15) is 5.15 Å². The van der Waals surface area contributed by atoms with Crippen molar-refractivity contribution in [3.8, 4) is 0 Å². The largest absolute Gasteiger partial charge is 0.481 e. The first-order chi connectivity index (χ1) is 13.9. The first kappa shape index (κ1) is 19.5. The number of carbonyl (C=O) groups excluding carboxylic acids is 1. The van der Waals surface area contributed by atoms with Crippen LogP contribution in [0, 0.1) is 6.92 Å². The second kappa shape index (κ2) is 7.93. The minimum atomic E-state index is -1.02. The monoisotopic (exact) mass is 427 g/mol. The molecule has 0 saturated carbocycles. The number of aliphatic carboxylic acids is 1. The number of rotatable bonds is 5. The lowest BCUT2D eigenvalue weighted by Gasteiger charge is -2.23. The Balaban J connectivity index is 1.73. The van der Waals surface area contributed by atoms with E-state index in [4.69, 9.17) is 16.7 Å². The predicted molar refractivity (Wildman–Crippen MR) is 113 cm³/mol. The fourth-order valence-electron chi connectivity index (χ4n) is 3.42. The number of amides is 1. The summed E-state index contributed by atoms with van der Waals surface area (Å²) >= 11 is 8.07. The van der Waals surface area contributed by atoms with Crippen LogP contribution in [0.3, 0.4) is 0 Å². The predicted octanol–water partition coefficient (Wildman–Crippen LogP) is 4.80. The molecule has 1 aliphatic heterocycles. The summed E-state index contributed by atoms with van der Waals surface area (Å²) in [7, 11) is 0. The molecule has 29 heavy (non-hydrogen) atoms. The van der Waals surface area contributed by atoms with Crippen molar-refractivity contribution >= 4 is 51.4 Å². The lowest BCUT2D eigenvalue weighted by atomic mass is 9.99. The molecule has 1 amide bonds. The van der Waals surface area contributed by atoms with Gasteiger partial charge in [0, 0.05) is 29.4 Å². The molecule has 1 aliphatic rings. The summed E-state index contributed by atoms with van der Waals surface area (Å²) in [5.74, 6) is -1.36. The first-order valence-electron chi connectivity index (χ1n) is 9.13. The summed E-state index contributed by atoms with van der Waals surface area (Å²) < 4.78 is 0. The Bertz CT molecular complexity index is 1130. The van der Waals surface area contributed by atoms with Crippen LogP contribution in [0.5, 0.6) is 0 Å². The highest BCUT2D eigenvalue weighted by Crippen LogP contribution is 2.38. The first-order valence-corrected chi connectivity index (χ1v) is 10.4. The zero-order chi connectivity index (χ0) is 20.5. The molecule has 1 aromatic carbocycles. The van der Waals surface area contributed by atoms with Crippen LogP contribution in [0.2, 0.25) is 5.15 Å². The molecular formula is C21H18ClN3O3S. The molecule has 0 bridgehead atoms. The van der Waals surface area contributed by atoms with Crippen LogP contribution < -0.4 is 0 Å². The molecule has 3 heterocycles. The van der Waals surface area contributed by atoms with Crippen LogP contribution in [0.1, 0.15) is 42.0 Å². The minimum Gasteiger partial charge on any atom is -0.481 e. The Morgan fingerprint density at radius 2 is 2.10 bits per heavy atom. The Labute approximate surface area is 176 Å². The number of carboxylic acid groups (broad SMARTS) is 1. The fourth-order valence-corrected chi connectivity index (χ4v) is 4.35. The van der Waals surface area contributed by atoms with Gasteiger partial charge in [-0.05, 0) is 41.4 Å². The van der Waals surface area contributed by atoms with E-state index in [-0.39, 0.29) is 18.7 Å². The highest BCUT2D eigenvalue weighted by atomic mass is 35.5. The molecule has 4 rings (SSSR count). The van der Waals surface area contributed by atoms with E-state index in [1.54, 1.807) is 11.3 Å². The Kier molecular flexibility index (Phi) is 5.34. The maximum absolute atomic E-state index is 12.8. The zero-order valence-electron chi connectivity index (χ0n) is 15.6. The van der Waals surface area contributed by atoms with Gasteiger partial charge < -0.3 is 5.11 Å². The second-order valence-electron chi connectivity index (χ2n) is 6.98. The molecule has 1 N–H and O–H groups in total. The van der Waals surface area contributed by atoms with Gasteiger partial charge in [-0.2, -0.15) is 16.4 Å². The van der Waals surface area contributed by atoms with Gasteiger partial charge in [0.25, 0.3) is 0 Å². The number of thiophene rings is 1. The third-order valence-electron chi connectivity index (χ3n) is 4.89. The minimum absolute atomic E-state index is 0.121. The number of aryl methyl sites for hydroxylation is 1. The summed E-state index contributed by atoms with van der Waals surface area (Å²) in [6.07, 6.45) is 0.132. The summed E-state index contributed by atoms with van der Waals surface area (Å²) in [6.45, 7) is 1.99. The fraction of sp³-hybridized carbons (Fsp3) is 0.238. The van der Waals surface area contributed by atoms with Crippen molar-refractivity contribution in [1.82, 2.24) is 9.99 Å². The van der Waals surface area contributed by atoms with Gasteiger partial charge in [0.05, 0.1) is 23.7 Å². The number of fused-ring (bicyclic) bond motifs is 1. The van der Waals surface area contributed by atoms with Crippen molar-refractivity contribution < 1.29 is 14.7 Å². The highest BCUT2D eigenvalue weighted by Gasteiger charge is 2.35. The smallest absolute Gasteiger partial charge is 0.303 e. The molecule has 0 unspecified atom stereocenters. The van der Waals surface area contributed by atoms with Crippen LogP contribution in [0.15, 0.2) is 46.2 Å². The normalized spacial score (nSPS) is 16.3. The van der Waals surface area contributed by atoms with Crippen molar-refractivity contribution in [3.63, 3.8) is 0 Å². The highest BCUT2D eigenvalue weighted by molar-refractivity contribution is 7.08. The molecule has 0 radical (unpaired) electrons. The Hall–Kier alpha value is -2.77. The van der Waals surface area contributed by atoms with E-state index in [2.05, 4.69) is 10.1 Å². The molecule has 0 aliphatic carbocycles. The van der Waals surface area contributed by atoms with Gasteiger partial charge in [-0.1, -0.05) is 23.7 Å². The average Bonchev–Trinajstić information content (AvgIpc) is 3.35. The van der Waals surface area contributed by atoms with Gasteiger partial charge in [0.2, 0.25) is 5.91 Å². The number of carbonyl (C=O) groups is 2. The lowest BCUT2D eigenvalue weighted by molar-refractivity contribution is -0.141. The van der Waals surface area contributed by atoms with Crippen LogP contribution in [-0.2, 0) is 9.59 Å². The van der Waals surface area contributed by atoms with Crippen LogP contribution in [-0.4, -0.2) is 32.7 Å². The molecule has 2 aromatic heterocycles. The summed E-state index contributed by atoms with van der Waals surface area (Å²) in [5, 5.41) is 20.0. The molecular weight excluding hydrogens is 410 g/mol. The molecule has 6 nitrogen and oxygen atoms in total. The third-order valence-corrected chi connectivity index (χ3v) is 5.87. The van der Waals surface area contributed by atoms with Gasteiger partial charge in [0.15, 0.2) is 0 Å². The van der Waals surface area contributed by atoms with Gasteiger partial charge in [-0.3, -0.25) is 9.59 Å². The quantitative estimate of drug-likeness (QED) is 0.593. The molecule has 8 heteroatoms. The maximum Gasteiger partial charge on any atom is 0.303 e. The van der Waals surface area contributed by atoms with E-state index in [1.807, 2.05) is 48.0 Å². The van der Waals surface area contributed by atoms with E-state index >= 15 is 0 Å². The number of nitrogens with zero attached hydrogens (tertiary/aromatic N) is 3. The number of hydrazone groups is 1. The number of hydrogen-bond donors (Lipinski definition) is 1. The number of aromatic nitrogens is 1. The van der Waals surface area contributed by atoms with Crippen molar-refractivity contribution in [2.24, 2.45) is 5.10 Å². The lowest BCUT2D eigenvalue weighted by Crippen LogP contribution is -2.27. The number of halogens is 1. The number of benzene rings is 1. The standard InChI is InChI=1S/C21H18ClN3O3S/c1-12-2-3-13-9-15(21(22)23-16(13)8-12)18-10-17(14-6-7-29-11-14)24-25(18)19(26)4-5-20(27)28/h2-3,6-9,11,18H,4-5,10H2,1H3,(H,27,28)/t18-/m0/s1. The maximum atomic E-state index is 12.8. The zero-order valence-corrected chi connectivity index (χ0v) is 17.2. The van der Waals surface area contributed by atoms with E-state index < -0.39 is 12.0 Å². The molecule has 1 atom stereocenters. The topological polar surface area (TPSA) is 82.9 Å². The Morgan fingerprint density at radius 1 is 1.28 bits per heavy atom. The van der Waals surface area contributed by atoms with Crippen LogP contribution in [0.4, 0.5) is 0 Å². The van der Waals surface area contributed by atoms with E-state index in [0.29, 0.717) is 17.1 Å². The summed E-state index contributed by atoms with van der Waals surface area (Å²) in [6, 6.07) is 9.41. The molecule has 148 valence electrons. The number of carboxylic acids is 1. The van der Waals surface area contributed by atoms with Gasteiger partial charge in [-0.15, -0.1) is 0 Å². The van der Waals surface area contributed by atoms with Crippen LogP contribution in [0.25, 0.3) is 10.9 Å². The molecule has 0 fully saturated rings. The Morgan fingerprint density at radius 3 is 2.83 bits per heavy atom. The van der Waals surface area contributed by atoms with Gasteiger partial charge >= 0.3 is 5.97 Å². The van der Waals surface area contributed by atoms with E-state index in [1.165, 1.54) is 5.01 Å². The molecule has 0 saturated heterocycles. The van der Waals surface area contributed by atoms with Crippen molar-refractivity contribution in [2.45, 2.75) is 32.2 Å². The van der Waals surface area contributed by atoms with E-state index in [0.717, 1.165) is 27.7 Å². The average molecular weight is 428 g/mol. The third kappa shape index (κ3) is 4.02. The van der Waals surface area contributed by atoms with Crippen LogP contribution >= 0.6 is 22.9 Å².